The van der Waals surface area contributed by atoms with Gasteiger partial charge in [0.15, 0.2) is 7.85 Å². The minimum absolute atomic E-state index is 0.0523. The Morgan fingerprint density at radius 3 is 2.47 bits per heavy atom. The number of benzene rings is 1. The summed E-state index contributed by atoms with van der Waals surface area (Å²) in [4.78, 5) is 13.8. The van der Waals surface area contributed by atoms with Crippen LogP contribution in [0.25, 0.3) is 0 Å². The molecule has 1 aliphatic rings. The minimum atomic E-state index is -0.0523. The molecule has 19 heavy (non-hydrogen) atoms. The van der Waals surface area contributed by atoms with Crippen molar-refractivity contribution in [3.8, 4) is 11.7 Å². The van der Waals surface area contributed by atoms with E-state index >= 15 is 0 Å². The fourth-order valence-electron chi connectivity index (χ4n) is 2.37. The van der Waals surface area contributed by atoms with E-state index in [0.717, 1.165) is 31.6 Å². The van der Waals surface area contributed by atoms with E-state index in [0.29, 0.717) is 11.5 Å². The number of rotatable bonds is 2. The molecule has 1 aromatic rings. The molecule has 0 spiro atoms. The van der Waals surface area contributed by atoms with Crippen LogP contribution in [0.3, 0.4) is 0 Å². The molecule has 0 aromatic heterocycles. The second-order valence-electron chi connectivity index (χ2n) is 4.68. The zero-order valence-corrected chi connectivity index (χ0v) is 11.1. The van der Waals surface area contributed by atoms with Crippen molar-refractivity contribution in [1.82, 2.24) is 5.32 Å². The van der Waals surface area contributed by atoms with E-state index in [1.54, 1.807) is 7.05 Å². The van der Waals surface area contributed by atoms with Gasteiger partial charge >= 0.3 is 0 Å². The third-order valence-corrected chi connectivity index (χ3v) is 3.50. The lowest BCUT2D eigenvalue weighted by molar-refractivity contribution is 0.0963. The molecule has 0 saturated carbocycles. The summed E-state index contributed by atoms with van der Waals surface area (Å²) in [6.07, 6.45) is 2.09. The topological polar surface area (TPSA) is 32.3 Å². The van der Waals surface area contributed by atoms with Crippen molar-refractivity contribution in [2.75, 3.05) is 25.0 Å². The minimum Gasteiger partial charge on any atom is -0.371 e. The van der Waals surface area contributed by atoms with Crippen LogP contribution in [0, 0.1) is 17.7 Å². The van der Waals surface area contributed by atoms with Gasteiger partial charge in [0.05, 0.1) is 0 Å². The fourth-order valence-corrected chi connectivity index (χ4v) is 2.37. The van der Waals surface area contributed by atoms with E-state index in [4.69, 9.17) is 7.85 Å². The summed E-state index contributed by atoms with van der Waals surface area (Å²) in [7, 11) is 6.89. The van der Waals surface area contributed by atoms with Crippen LogP contribution in [0.2, 0.25) is 0 Å². The molecule has 0 aliphatic carbocycles. The molecule has 96 valence electrons. The second kappa shape index (κ2) is 6.33. The molecule has 0 atom stereocenters. The first-order valence-corrected chi connectivity index (χ1v) is 6.53. The number of hydrogen-bond donors (Lipinski definition) is 1. The maximum atomic E-state index is 11.5. The van der Waals surface area contributed by atoms with Crippen LogP contribution in [0.4, 0.5) is 5.69 Å². The third-order valence-electron chi connectivity index (χ3n) is 3.50. The predicted octanol–water partition coefficient (Wildman–Crippen LogP) is 1.39. The summed E-state index contributed by atoms with van der Waals surface area (Å²) in [5.41, 5.74) is 1.85. The highest BCUT2D eigenvalue weighted by atomic mass is 16.1. The monoisotopic (exact) mass is 252 g/mol. The maximum absolute atomic E-state index is 11.5. The van der Waals surface area contributed by atoms with Gasteiger partial charge in [-0.3, -0.25) is 4.79 Å². The van der Waals surface area contributed by atoms with Gasteiger partial charge in [-0.1, -0.05) is 0 Å². The normalized spacial score (nSPS) is 15.5. The molecule has 2 radical (unpaired) electrons. The summed E-state index contributed by atoms with van der Waals surface area (Å²) in [6.45, 7) is 1.97. The van der Waals surface area contributed by atoms with Crippen LogP contribution in [0.15, 0.2) is 24.3 Å². The van der Waals surface area contributed by atoms with Crippen LogP contribution in [-0.2, 0) is 0 Å². The lowest BCUT2D eigenvalue weighted by Crippen LogP contribution is -2.33. The van der Waals surface area contributed by atoms with E-state index in [1.165, 1.54) is 0 Å². The molecular formula is C15H17BN2O. The Balaban J connectivity index is 1.99. The van der Waals surface area contributed by atoms with Gasteiger partial charge in [0, 0.05) is 37.3 Å². The Bertz CT molecular complexity index is 493. The van der Waals surface area contributed by atoms with Crippen LogP contribution >= 0.6 is 0 Å². The Morgan fingerprint density at radius 1 is 1.32 bits per heavy atom. The summed E-state index contributed by atoms with van der Waals surface area (Å²) in [5.74, 6) is 5.91. The molecule has 1 N–H and O–H groups in total. The number of carbonyl (C=O) groups excluding carboxylic acids is 1. The molecule has 1 aliphatic heterocycles. The highest BCUT2D eigenvalue weighted by molar-refractivity contribution is 6.22. The number of nitrogens with one attached hydrogen (secondary N) is 1. The zero-order chi connectivity index (χ0) is 13.7. The summed E-state index contributed by atoms with van der Waals surface area (Å²) < 4.78 is 0. The van der Waals surface area contributed by atoms with Gasteiger partial charge in [-0.25, -0.2) is 0 Å². The van der Waals surface area contributed by atoms with E-state index in [1.807, 2.05) is 24.3 Å². The lowest BCUT2D eigenvalue weighted by atomic mass is 9.95. The van der Waals surface area contributed by atoms with Gasteiger partial charge in [-0.15, -0.1) is 5.92 Å². The first kappa shape index (κ1) is 13.5. The second-order valence-corrected chi connectivity index (χ2v) is 4.68. The largest absolute Gasteiger partial charge is 0.371 e. The van der Waals surface area contributed by atoms with E-state index < -0.39 is 0 Å². The first-order valence-electron chi connectivity index (χ1n) is 6.53. The van der Waals surface area contributed by atoms with Crippen molar-refractivity contribution >= 4 is 19.4 Å². The molecular weight excluding hydrogens is 235 g/mol. The van der Waals surface area contributed by atoms with E-state index in [9.17, 15) is 4.79 Å². The first-order chi connectivity index (χ1) is 9.24. The maximum Gasteiger partial charge on any atom is 0.251 e. The third kappa shape index (κ3) is 3.32. The molecule has 3 nitrogen and oxygen atoms in total. The van der Waals surface area contributed by atoms with Gasteiger partial charge < -0.3 is 10.2 Å². The highest BCUT2D eigenvalue weighted by Crippen LogP contribution is 2.23. The average Bonchev–Trinajstić information content (AvgIpc) is 2.48. The van der Waals surface area contributed by atoms with Crippen molar-refractivity contribution in [2.24, 2.45) is 5.92 Å². The smallest absolute Gasteiger partial charge is 0.251 e. The molecule has 0 unspecified atom stereocenters. The van der Waals surface area contributed by atoms with Crippen molar-refractivity contribution in [3.05, 3.63) is 29.8 Å². The summed E-state index contributed by atoms with van der Waals surface area (Å²) >= 11 is 0. The van der Waals surface area contributed by atoms with Gasteiger partial charge in [0.25, 0.3) is 5.91 Å². The van der Waals surface area contributed by atoms with Crippen LogP contribution < -0.4 is 10.2 Å². The van der Waals surface area contributed by atoms with Crippen molar-refractivity contribution < 1.29 is 4.79 Å². The Hall–Kier alpha value is -1.89. The van der Waals surface area contributed by atoms with Crippen molar-refractivity contribution in [1.29, 1.82) is 0 Å². The van der Waals surface area contributed by atoms with E-state index in [2.05, 4.69) is 22.0 Å². The van der Waals surface area contributed by atoms with Crippen LogP contribution in [0.1, 0.15) is 23.2 Å². The number of piperidine rings is 1. The zero-order valence-electron chi connectivity index (χ0n) is 11.1. The van der Waals surface area contributed by atoms with Crippen molar-refractivity contribution in [2.45, 2.75) is 12.8 Å². The van der Waals surface area contributed by atoms with Gasteiger partial charge in [-0.2, -0.15) is 5.82 Å². The standard InChI is InChI=1S/C15H17BN2O/c1-17-15(19)13-2-4-14(5-3-13)18-10-7-12(6-9-16)8-11-18/h2-5,12H,7-8,10-11H2,1H3,(H,17,19). The predicted molar refractivity (Wildman–Crippen MR) is 78.3 cm³/mol. The Morgan fingerprint density at radius 2 is 1.95 bits per heavy atom. The Labute approximate surface area is 115 Å². The van der Waals surface area contributed by atoms with Gasteiger partial charge in [0.2, 0.25) is 0 Å². The molecule has 1 aromatic carbocycles. The quantitative estimate of drug-likeness (QED) is 0.637. The molecule has 4 heteroatoms. The van der Waals surface area contributed by atoms with E-state index in [-0.39, 0.29) is 5.91 Å². The molecule has 1 fully saturated rings. The van der Waals surface area contributed by atoms with Crippen molar-refractivity contribution in [3.63, 3.8) is 0 Å². The highest BCUT2D eigenvalue weighted by Gasteiger charge is 2.17. The fraction of sp³-hybridized carbons (Fsp3) is 0.400. The van der Waals surface area contributed by atoms with Gasteiger partial charge in [-0.05, 0) is 37.1 Å². The van der Waals surface area contributed by atoms with Crippen LogP contribution in [-0.4, -0.2) is 33.9 Å². The average molecular weight is 252 g/mol. The number of amides is 1. The Kier molecular flexibility index (Phi) is 4.51. The molecule has 2 rings (SSSR count). The summed E-state index contributed by atoms with van der Waals surface area (Å²) in [6, 6.07) is 7.72. The SMILES string of the molecule is [B]C#CC1CCN(c2ccc(C(=O)NC)cc2)CC1. The molecule has 1 heterocycles. The lowest BCUT2D eigenvalue weighted by Gasteiger charge is -2.31. The van der Waals surface area contributed by atoms with Crippen LogP contribution in [0.5, 0.6) is 0 Å². The molecule has 1 saturated heterocycles. The van der Waals surface area contributed by atoms with Gasteiger partial charge in [0.1, 0.15) is 0 Å². The number of anilines is 1. The summed E-state index contributed by atoms with van der Waals surface area (Å²) in [5, 5.41) is 2.62. The number of carbonyl (C=O) groups is 1. The number of hydrogen-bond acceptors (Lipinski definition) is 2. The number of nitrogens with zero attached hydrogens (tertiary/aromatic N) is 1. The molecule has 1 amide bonds. The molecule has 0 bridgehead atoms.